The zero-order valence-electron chi connectivity index (χ0n) is 11.5. The number of likely N-dealkylation sites (tertiary alicyclic amines) is 1. The van der Waals surface area contributed by atoms with Crippen LogP contribution in [-0.2, 0) is 0 Å². The molecule has 0 radical (unpaired) electrons. The Balaban J connectivity index is 1.87. The molecule has 1 aliphatic rings. The molecule has 3 rings (SSSR count). The molecule has 1 aromatic heterocycles. The van der Waals surface area contributed by atoms with E-state index in [1.807, 2.05) is 6.92 Å². The van der Waals surface area contributed by atoms with E-state index in [-0.39, 0.29) is 17.5 Å². The van der Waals surface area contributed by atoms with Crippen molar-refractivity contribution >= 4 is 5.91 Å². The molecule has 1 atom stereocenters. The van der Waals surface area contributed by atoms with Crippen molar-refractivity contribution < 1.29 is 18.1 Å². The van der Waals surface area contributed by atoms with Crippen LogP contribution in [0.5, 0.6) is 0 Å². The van der Waals surface area contributed by atoms with Crippen molar-refractivity contribution in [3.63, 3.8) is 0 Å². The molecule has 6 heteroatoms. The lowest BCUT2D eigenvalue weighted by atomic mass is 10.1. The third-order valence-electron chi connectivity index (χ3n) is 3.65. The maximum Gasteiger partial charge on any atom is 0.254 e. The van der Waals surface area contributed by atoms with Crippen molar-refractivity contribution in [1.82, 2.24) is 10.1 Å². The lowest BCUT2D eigenvalue weighted by Crippen LogP contribution is -2.30. The number of hydrogen-bond acceptors (Lipinski definition) is 3. The molecule has 0 spiro atoms. The van der Waals surface area contributed by atoms with Crippen molar-refractivity contribution in [1.29, 1.82) is 0 Å². The van der Waals surface area contributed by atoms with E-state index in [2.05, 4.69) is 5.16 Å². The van der Waals surface area contributed by atoms with Crippen molar-refractivity contribution in [3.8, 4) is 0 Å². The Morgan fingerprint density at radius 2 is 2.14 bits per heavy atom. The molecular weight excluding hydrogens is 278 g/mol. The number of aryl methyl sites for hydroxylation is 1. The van der Waals surface area contributed by atoms with Crippen LogP contribution in [0.2, 0.25) is 0 Å². The van der Waals surface area contributed by atoms with E-state index in [0.717, 1.165) is 30.7 Å². The molecule has 2 heterocycles. The maximum absolute atomic E-state index is 13.3. The van der Waals surface area contributed by atoms with Crippen LogP contribution < -0.4 is 0 Å². The second-order valence-electron chi connectivity index (χ2n) is 5.16. The first-order chi connectivity index (χ1) is 10.1. The van der Waals surface area contributed by atoms with Gasteiger partial charge in [0.25, 0.3) is 5.91 Å². The maximum atomic E-state index is 13.3. The van der Waals surface area contributed by atoms with Gasteiger partial charge in [0.05, 0.1) is 11.7 Å². The SMILES string of the molecule is Cc1cc([C@H]2CCCN2C(=O)c2ccc(F)c(F)c2)on1. The van der Waals surface area contributed by atoms with Gasteiger partial charge in [0.2, 0.25) is 0 Å². The summed E-state index contributed by atoms with van der Waals surface area (Å²) in [5.41, 5.74) is 0.883. The molecular formula is C15H14F2N2O2. The predicted molar refractivity (Wildman–Crippen MR) is 70.6 cm³/mol. The van der Waals surface area contributed by atoms with Crippen LogP contribution in [0.4, 0.5) is 8.78 Å². The minimum absolute atomic E-state index is 0.136. The summed E-state index contributed by atoms with van der Waals surface area (Å²) in [5.74, 6) is -1.69. The van der Waals surface area contributed by atoms with E-state index in [0.29, 0.717) is 12.3 Å². The van der Waals surface area contributed by atoms with E-state index in [1.54, 1.807) is 11.0 Å². The van der Waals surface area contributed by atoms with Crippen LogP contribution in [0.15, 0.2) is 28.8 Å². The molecule has 4 nitrogen and oxygen atoms in total. The van der Waals surface area contributed by atoms with Gasteiger partial charge >= 0.3 is 0 Å². The summed E-state index contributed by atoms with van der Waals surface area (Å²) in [6.45, 7) is 2.37. The lowest BCUT2D eigenvalue weighted by Gasteiger charge is -2.22. The quantitative estimate of drug-likeness (QED) is 0.853. The number of rotatable bonds is 2. The van der Waals surface area contributed by atoms with E-state index >= 15 is 0 Å². The molecule has 1 aliphatic heterocycles. The van der Waals surface area contributed by atoms with Crippen molar-refractivity contribution in [2.75, 3.05) is 6.54 Å². The first-order valence-corrected chi connectivity index (χ1v) is 6.75. The minimum Gasteiger partial charge on any atom is -0.359 e. The molecule has 21 heavy (non-hydrogen) atoms. The number of nitrogens with zero attached hydrogens (tertiary/aromatic N) is 2. The second kappa shape index (κ2) is 5.27. The first-order valence-electron chi connectivity index (χ1n) is 6.75. The Morgan fingerprint density at radius 1 is 1.33 bits per heavy atom. The zero-order valence-corrected chi connectivity index (χ0v) is 11.5. The van der Waals surface area contributed by atoms with Crippen molar-refractivity contribution in [3.05, 3.63) is 52.9 Å². The Morgan fingerprint density at radius 3 is 2.81 bits per heavy atom. The van der Waals surface area contributed by atoms with Crippen molar-refractivity contribution in [2.24, 2.45) is 0 Å². The highest BCUT2D eigenvalue weighted by molar-refractivity contribution is 5.94. The largest absolute Gasteiger partial charge is 0.359 e. The number of hydrogen-bond donors (Lipinski definition) is 0. The Kier molecular flexibility index (Phi) is 3.45. The highest BCUT2D eigenvalue weighted by Crippen LogP contribution is 2.33. The van der Waals surface area contributed by atoms with Gasteiger partial charge in [-0.05, 0) is 38.0 Å². The van der Waals surface area contributed by atoms with Crippen LogP contribution >= 0.6 is 0 Å². The van der Waals surface area contributed by atoms with Gasteiger partial charge in [-0.3, -0.25) is 4.79 Å². The van der Waals surface area contributed by atoms with E-state index in [4.69, 9.17) is 4.52 Å². The summed E-state index contributed by atoms with van der Waals surface area (Å²) in [5, 5.41) is 3.83. The van der Waals surface area contributed by atoms with Gasteiger partial charge in [0, 0.05) is 18.2 Å². The monoisotopic (exact) mass is 292 g/mol. The Bertz CT molecular complexity index is 684. The molecule has 1 amide bonds. The Hall–Kier alpha value is -2.24. The van der Waals surface area contributed by atoms with Gasteiger partial charge in [-0.25, -0.2) is 8.78 Å². The number of carbonyl (C=O) groups excluding carboxylic acids is 1. The highest BCUT2D eigenvalue weighted by Gasteiger charge is 2.33. The molecule has 0 saturated carbocycles. The topological polar surface area (TPSA) is 46.3 Å². The summed E-state index contributed by atoms with van der Waals surface area (Å²) in [6.07, 6.45) is 1.60. The van der Waals surface area contributed by atoms with Gasteiger partial charge in [0.15, 0.2) is 17.4 Å². The smallest absolute Gasteiger partial charge is 0.254 e. The number of carbonyl (C=O) groups is 1. The summed E-state index contributed by atoms with van der Waals surface area (Å²) in [6, 6.07) is 4.78. The Labute approximate surface area is 120 Å². The average molecular weight is 292 g/mol. The van der Waals surface area contributed by atoms with Crippen LogP contribution in [-0.4, -0.2) is 22.5 Å². The van der Waals surface area contributed by atoms with E-state index < -0.39 is 11.6 Å². The van der Waals surface area contributed by atoms with Gasteiger partial charge < -0.3 is 9.42 Å². The number of benzene rings is 1. The zero-order chi connectivity index (χ0) is 15.0. The number of halogens is 2. The molecule has 1 fully saturated rings. The summed E-state index contributed by atoms with van der Waals surface area (Å²) >= 11 is 0. The molecule has 0 aliphatic carbocycles. The van der Waals surface area contributed by atoms with Gasteiger partial charge in [-0.15, -0.1) is 0 Å². The predicted octanol–water partition coefficient (Wildman–Crippen LogP) is 3.24. The third-order valence-corrected chi connectivity index (χ3v) is 3.65. The third kappa shape index (κ3) is 2.53. The number of aromatic nitrogens is 1. The van der Waals surface area contributed by atoms with Crippen LogP contribution in [0, 0.1) is 18.6 Å². The fourth-order valence-corrected chi connectivity index (χ4v) is 2.64. The summed E-state index contributed by atoms with van der Waals surface area (Å²) in [7, 11) is 0. The van der Waals surface area contributed by atoms with Crippen LogP contribution in [0.25, 0.3) is 0 Å². The second-order valence-corrected chi connectivity index (χ2v) is 5.16. The van der Waals surface area contributed by atoms with E-state index in [9.17, 15) is 13.6 Å². The first kappa shape index (κ1) is 13.7. The molecule has 110 valence electrons. The molecule has 1 saturated heterocycles. The fraction of sp³-hybridized carbons (Fsp3) is 0.333. The van der Waals surface area contributed by atoms with Crippen LogP contribution in [0.1, 0.15) is 40.7 Å². The molecule has 1 aromatic carbocycles. The van der Waals surface area contributed by atoms with Crippen molar-refractivity contribution in [2.45, 2.75) is 25.8 Å². The standard InChI is InChI=1S/C15H14F2N2O2/c1-9-7-14(21-18-9)13-3-2-6-19(13)15(20)10-4-5-11(16)12(17)8-10/h4-5,7-8,13H,2-3,6H2,1H3/t13-/m1/s1. The minimum atomic E-state index is -1.02. The molecule has 0 N–H and O–H groups in total. The molecule has 0 unspecified atom stereocenters. The normalized spacial score (nSPS) is 18.2. The lowest BCUT2D eigenvalue weighted by molar-refractivity contribution is 0.0714. The molecule has 2 aromatic rings. The fourth-order valence-electron chi connectivity index (χ4n) is 2.64. The average Bonchev–Trinajstić information content (AvgIpc) is 3.09. The van der Waals surface area contributed by atoms with Gasteiger partial charge in [-0.2, -0.15) is 0 Å². The summed E-state index contributed by atoms with van der Waals surface area (Å²) < 4.78 is 31.5. The van der Waals surface area contributed by atoms with Gasteiger partial charge in [-0.1, -0.05) is 5.16 Å². The molecule has 0 bridgehead atoms. The van der Waals surface area contributed by atoms with E-state index in [1.165, 1.54) is 6.07 Å². The van der Waals surface area contributed by atoms with Gasteiger partial charge in [0.1, 0.15) is 0 Å². The summed E-state index contributed by atoms with van der Waals surface area (Å²) in [4.78, 5) is 14.1. The highest BCUT2D eigenvalue weighted by atomic mass is 19.2. The van der Waals surface area contributed by atoms with Crippen LogP contribution in [0.3, 0.4) is 0 Å². The number of amides is 1.